The van der Waals surface area contributed by atoms with Crippen molar-refractivity contribution in [1.82, 2.24) is 0 Å². The van der Waals surface area contributed by atoms with Gasteiger partial charge in [-0.2, -0.15) is 0 Å². The Balaban J connectivity index is 2.78. The number of hydrogen-bond acceptors (Lipinski definition) is 3. The van der Waals surface area contributed by atoms with E-state index in [1.165, 1.54) is 0 Å². The van der Waals surface area contributed by atoms with Crippen molar-refractivity contribution in [3.05, 3.63) is 0 Å². The predicted octanol–water partition coefficient (Wildman–Crippen LogP) is 5.02. The fourth-order valence-electron chi connectivity index (χ4n) is 3.21. The summed E-state index contributed by atoms with van der Waals surface area (Å²) in [6.45, 7) is 19.6. The van der Waals surface area contributed by atoms with E-state index in [0.29, 0.717) is 6.61 Å². The molecule has 1 radical (unpaired) electrons. The van der Waals surface area contributed by atoms with Crippen molar-refractivity contribution in [3.63, 3.8) is 0 Å². The van der Waals surface area contributed by atoms with E-state index in [4.69, 9.17) is 9.47 Å². The number of hydrogen-bond donors (Lipinski definition) is 0. The predicted molar refractivity (Wildman–Crippen MR) is 97.1 cm³/mol. The molecule has 1 aliphatic rings. The molecule has 0 bridgehead atoms. The van der Waals surface area contributed by atoms with Crippen LogP contribution in [0.4, 0.5) is 0 Å². The highest BCUT2D eigenvalue weighted by Gasteiger charge is 2.68. The number of carbonyl (C=O) groups is 1. The maximum absolute atomic E-state index is 13.0. The van der Waals surface area contributed by atoms with Gasteiger partial charge in [-0.05, 0) is 39.0 Å². The molecule has 1 rings (SSSR count). The van der Waals surface area contributed by atoms with E-state index in [1.807, 2.05) is 20.8 Å². The Morgan fingerprint density at radius 2 is 1.70 bits per heavy atom. The summed E-state index contributed by atoms with van der Waals surface area (Å²) in [6, 6.07) is 0. The van der Waals surface area contributed by atoms with Gasteiger partial charge >= 0.3 is 5.97 Å². The molecule has 0 N–H and O–H groups in total. The van der Waals surface area contributed by atoms with Crippen LogP contribution in [0.2, 0.25) is 10.6 Å². The second-order valence-corrected chi connectivity index (χ2v) is 9.44. The largest absolute Gasteiger partial charge is 0.459 e. The van der Waals surface area contributed by atoms with Crippen molar-refractivity contribution in [2.75, 3.05) is 6.61 Å². The first-order valence-electron chi connectivity index (χ1n) is 8.99. The lowest BCUT2D eigenvalue weighted by molar-refractivity contribution is -0.164. The van der Waals surface area contributed by atoms with Gasteiger partial charge in [-0.25, -0.2) is 0 Å². The van der Waals surface area contributed by atoms with Crippen LogP contribution in [0.25, 0.3) is 0 Å². The van der Waals surface area contributed by atoms with Crippen LogP contribution in [0.1, 0.15) is 81.6 Å². The van der Waals surface area contributed by atoms with Crippen LogP contribution in [-0.2, 0) is 14.3 Å². The molecule has 4 heteroatoms. The molecule has 1 saturated heterocycles. The molecule has 2 unspecified atom stereocenters. The zero-order chi connectivity index (χ0) is 18.1. The lowest BCUT2D eigenvalue weighted by atomic mass is 9.74. The molecule has 1 aliphatic heterocycles. The number of ether oxygens (including phenoxy) is 2. The summed E-state index contributed by atoms with van der Waals surface area (Å²) in [4.78, 5) is 13.0. The van der Waals surface area contributed by atoms with Crippen molar-refractivity contribution >= 4 is 13.2 Å². The summed E-state index contributed by atoms with van der Waals surface area (Å²) in [5.41, 5.74) is -0.365. The van der Waals surface area contributed by atoms with Gasteiger partial charge in [0.25, 0.3) is 0 Å². The Bertz CT molecular complexity index is 425. The average molecular weight is 323 g/mol. The van der Waals surface area contributed by atoms with Gasteiger partial charge in [-0.15, -0.1) is 0 Å². The maximum Gasteiger partial charge on any atom is 0.304 e. The first kappa shape index (κ1) is 20.5. The van der Waals surface area contributed by atoms with Gasteiger partial charge in [0.05, 0.1) is 12.7 Å². The van der Waals surface area contributed by atoms with Gasteiger partial charge in [0.15, 0.2) is 0 Å². The Morgan fingerprint density at radius 1 is 1.17 bits per heavy atom. The summed E-state index contributed by atoms with van der Waals surface area (Å²) in [5.74, 6) is -0.0636. The highest BCUT2D eigenvalue weighted by atomic mass is 16.6. The molecule has 0 aromatic rings. The lowest BCUT2D eigenvalue weighted by Gasteiger charge is -2.34. The van der Waals surface area contributed by atoms with Gasteiger partial charge in [-0.1, -0.05) is 46.9 Å². The standard InChI is InChI=1S/C19H36BO3/c1-10-18(9,11-12-22-14(2)3)23-15(21)19(13-16(4,5)6)17(7,8)20-19/h14H,10-13H2,1-9H3. The fourth-order valence-corrected chi connectivity index (χ4v) is 3.21. The highest BCUT2D eigenvalue weighted by molar-refractivity contribution is 6.66. The molecule has 23 heavy (non-hydrogen) atoms. The molecule has 0 saturated carbocycles. The van der Waals surface area contributed by atoms with Crippen LogP contribution in [0.5, 0.6) is 0 Å². The molecular weight excluding hydrogens is 287 g/mol. The Hall–Kier alpha value is -0.505. The number of carbonyl (C=O) groups excluding carboxylic acids is 1. The average Bonchev–Trinajstić information content (AvgIpc) is 2.89. The lowest BCUT2D eigenvalue weighted by Crippen LogP contribution is -2.36. The second-order valence-electron chi connectivity index (χ2n) is 9.44. The van der Waals surface area contributed by atoms with Crippen LogP contribution in [0.15, 0.2) is 0 Å². The minimum atomic E-state index is -0.455. The first-order chi connectivity index (χ1) is 10.3. The highest BCUT2D eigenvalue weighted by Crippen LogP contribution is 2.73. The molecule has 0 aromatic carbocycles. The van der Waals surface area contributed by atoms with E-state index in [0.717, 1.165) is 19.3 Å². The quantitative estimate of drug-likeness (QED) is 0.464. The Kier molecular flexibility index (Phi) is 6.05. The third kappa shape index (κ3) is 5.24. The van der Waals surface area contributed by atoms with Crippen LogP contribution >= 0.6 is 0 Å². The van der Waals surface area contributed by atoms with Crippen LogP contribution < -0.4 is 0 Å². The van der Waals surface area contributed by atoms with Crippen molar-refractivity contribution in [2.45, 2.75) is 104 Å². The molecule has 1 fully saturated rings. The summed E-state index contributed by atoms with van der Waals surface area (Å²) in [7, 11) is 2.16. The number of rotatable bonds is 8. The van der Waals surface area contributed by atoms with Crippen LogP contribution in [0, 0.1) is 5.41 Å². The normalized spacial score (nSPS) is 25.7. The maximum atomic E-state index is 13.0. The van der Waals surface area contributed by atoms with Gasteiger partial charge in [0, 0.05) is 11.7 Å². The Morgan fingerprint density at radius 3 is 2.04 bits per heavy atom. The molecular formula is C19H36BO3. The summed E-state index contributed by atoms with van der Waals surface area (Å²) in [5, 5.41) is -0.527. The molecule has 133 valence electrons. The minimum Gasteiger partial charge on any atom is -0.459 e. The van der Waals surface area contributed by atoms with Gasteiger partial charge in [0.2, 0.25) is 0 Å². The molecule has 0 aromatic heterocycles. The summed E-state index contributed by atoms with van der Waals surface area (Å²) < 4.78 is 11.7. The molecule has 1 heterocycles. The van der Waals surface area contributed by atoms with Gasteiger partial charge < -0.3 is 9.47 Å². The molecule has 3 nitrogen and oxygen atoms in total. The van der Waals surface area contributed by atoms with E-state index in [9.17, 15) is 4.79 Å². The van der Waals surface area contributed by atoms with Gasteiger partial charge in [0.1, 0.15) is 12.9 Å². The molecule has 2 atom stereocenters. The van der Waals surface area contributed by atoms with E-state index < -0.39 is 10.9 Å². The third-order valence-corrected chi connectivity index (χ3v) is 5.02. The van der Waals surface area contributed by atoms with Crippen LogP contribution in [0.3, 0.4) is 0 Å². The topological polar surface area (TPSA) is 35.5 Å². The van der Waals surface area contributed by atoms with E-state index in [-0.39, 0.29) is 22.8 Å². The van der Waals surface area contributed by atoms with E-state index >= 15 is 0 Å². The smallest absolute Gasteiger partial charge is 0.304 e. The summed E-state index contributed by atoms with van der Waals surface area (Å²) >= 11 is 0. The van der Waals surface area contributed by atoms with Gasteiger partial charge in [-0.3, -0.25) is 4.79 Å². The van der Waals surface area contributed by atoms with Crippen LogP contribution in [-0.4, -0.2) is 31.6 Å². The minimum absolute atomic E-state index is 0.0636. The van der Waals surface area contributed by atoms with Crippen molar-refractivity contribution in [3.8, 4) is 0 Å². The zero-order valence-electron chi connectivity index (χ0n) is 16.7. The SMILES string of the molecule is CCC(C)(CCOC(C)C)OC(=O)C1(CC(C)(C)C)[B]C1(C)C. The molecule has 0 aliphatic carbocycles. The fraction of sp³-hybridized carbons (Fsp3) is 0.947. The Labute approximate surface area is 144 Å². The molecule has 0 amide bonds. The number of esters is 1. The monoisotopic (exact) mass is 323 g/mol. The van der Waals surface area contributed by atoms with E-state index in [1.54, 1.807) is 0 Å². The second kappa shape index (κ2) is 6.78. The van der Waals surface area contributed by atoms with Crippen molar-refractivity contribution in [2.24, 2.45) is 5.41 Å². The first-order valence-corrected chi connectivity index (χ1v) is 8.99. The van der Waals surface area contributed by atoms with E-state index in [2.05, 4.69) is 48.8 Å². The third-order valence-electron chi connectivity index (χ3n) is 5.02. The van der Waals surface area contributed by atoms with Crippen molar-refractivity contribution < 1.29 is 14.3 Å². The summed E-state index contributed by atoms with van der Waals surface area (Å²) in [6.07, 6.45) is 2.56. The van der Waals surface area contributed by atoms with Crippen molar-refractivity contribution in [1.29, 1.82) is 0 Å². The molecule has 0 spiro atoms. The zero-order valence-corrected chi connectivity index (χ0v) is 16.7.